The first kappa shape index (κ1) is 15.4. The summed E-state index contributed by atoms with van der Waals surface area (Å²) in [4.78, 5) is 10.3. The number of rotatable bonds is 7. The summed E-state index contributed by atoms with van der Waals surface area (Å²) in [6.07, 6.45) is 1.16. The predicted octanol–water partition coefficient (Wildman–Crippen LogP) is 0.738. The second-order valence-corrected chi connectivity index (χ2v) is 6.33. The Morgan fingerprint density at radius 3 is 2.63 bits per heavy atom. The highest BCUT2D eigenvalue weighted by Gasteiger charge is 2.14. The van der Waals surface area contributed by atoms with Gasteiger partial charge in [-0.05, 0) is 11.6 Å². The van der Waals surface area contributed by atoms with Crippen LogP contribution in [-0.2, 0) is 16.4 Å². The molecule has 0 aliphatic rings. The van der Waals surface area contributed by atoms with Crippen LogP contribution >= 0.6 is 0 Å². The van der Waals surface area contributed by atoms with Crippen LogP contribution in [0.25, 0.3) is 0 Å². The lowest BCUT2D eigenvalue weighted by atomic mass is 10.2. The number of ether oxygens (including phenoxy) is 1. The van der Waals surface area contributed by atoms with Gasteiger partial charge in [0.05, 0.1) is 17.8 Å². The van der Waals surface area contributed by atoms with Crippen molar-refractivity contribution in [1.29, 1.82) is 0 Å². The van der Waals surface area contributed by atoms with Crippen LogP contribution in [0.15, 0.2) is 18.2 Å². The van der Waals surface area contributed by atoms with E-state index in [0.29, 0.717) is 18.7 Å². The molecule has 8 heteroatoms. The first-order chi connectivity index (χ1) is 8.83. The first-order valence-corrected chi connectivity index (χ1v) is 7.59. The van der Waals surface area contributed by atoms with Gasteiger partial charge in [-0.15, -0.1) is 0 Å². The number of nitro groups is 1. The Bertz CT molecular complexity index is 556. The van der Waals surface area contributed by atoms with E-state index in [9.17, 15) is 18.5 Å². The number of methoxy groups -OCH3 is 1. The molecule has 0 saturated heterocycles. The van der Waals surface area contributed by atoms with E-state index in [1.807, 2.05) is 0 Å². The molecule has 0 unspecified atom stereocenters. The van der Waals surface area contributed by atoms with Crippen molar-refractivity contribution < 1.29 is 18.1 Å². The van der Waals surface area contributed by atoms with Crippen molar-refractivity contribution >= 4 is 15.5 Å². The highest BCUT2D eigenvalue weighted by Crippen LogP contribution is 2.27. The van der Waals surface area contributed by atoms with Crippen LogP contribution in [0.2, 0.25) is 0 Å². The zero-order valence-electron chi connectivity index (χ0n) is 10.8. The molecule has 1 N–H and O–H groups in total. The molecule has 0 aliphatic heterocycles. The second-order valence-electron chi connectivity index (χ2n) is 4.07. The van der Waals surface area contributed by atoms with Gasteiger partial charge in [0.15, 0.2) is 5.75 Å². The van der Waals surface area contributed by atoms with Crippen molar-refractivity contribution in [3.8, 4) is 5.75 Å². The third-order valence-corrected chi connectivity index (χ3v) is 3.36. The molecular formula is C11H16N2O5S. The van der Waals surface area contributed by atoms with Crippen LogP contribution in [0.5, 0.6) is 5.75 Å². The largest absolute Gasteiger partial charge is 0.490 e. The van der Waals surface area contributed by atoms with Gasteiger partial charge in [0.2, 0.25) is 0 Å². The van der Waals surface area contributed by atoms with Gasteiger partial charge >= 0.3 is 5.69 Å². The quantitative estimate of drug-likeness (QED) is 0.451. The molecule has 0 spiro atoms. The Morgan fingerprint density at radius 1 is 1.42 bits per heavy atom. The molecule has 1 aromatic carbocycles. The SMILES string of the molecule is COc1ccc(CNCCS(C)(=O)=O)cc1[N+](=O)[O-]. The Morgan fingerprint density at radius 2 is 2.11 bits per heavy atom. The number of benzene rings is 1. The van der Waals surface area contributed by atoms with E-state index in [4.69, 9.17) is 4.74 Å². The zero-order chi connectivity index (χ0) is 14.5. The van der Waals surface area contributed by atoms with Crippen molar-refractivity contribution in [3.63, 3.8) is 0 Å². The van der Waals surface area contributed by atoms with Crippen molar-refractivity contribution in [2.75, 3.05) is 25.7 Å². The maximum atomic E-state index is 10.9. The second kappa shape index (κ2) is 6.48. The topological polar surface area (TPSA) is 98.5 Å². The summed E-state index contributed by atoms with van der Waals surface area (Å²) < 4.78 is 26.7. The van der Waals surface area contributed by atoms with E-state index in [2.05, 4.69) is 5.32 Å². The van der Waals surface area contributed by atoms with Crippen LogP contribution < -0.4 is 10.1 Å². The highest BCUT2D eigenvalue weighted by molar-refractivity contribution is 7.90. The fourth-order valence-electron chi connectivity index (χ4n) is 1.48. The smallest absolute Gasteiger partial charge is 0.311 e. The zero-order valence-corrected chi connectivity index (χ0v) is 11.6. The molecule has 19 heavy (non-hydrogen) atoms. The molecular weight excluding hydrogens is 272 g/mol. The summed E-state index contributed by atoms with van der Waals surface area (Å²) in [6, 6.07) is 4.62. The molecule has 1 rings (SSSR count). The third-order valence-electron chi connectivity index (χ3n) is 2.42. The minimum Gasteiger partial charge on any atom is -0.490 e. The number of hydrogen-bond donors (Lipinski definition) is 1. The summed E-state index contributed by atoms with van der Waals surface area (Å²) in [5.74, 6) is 0.232. The van der Waals surface area contributed by atoms with Crippen molar-refractivity contribution in [3.05, 3.63) is 33.9 Å². The van der Waals surface area contributed by atoms with E-state index < -0.39 is 14.8 Å². The number of nitrogens with one attached hydrogen (secondary N) is 1. The van der Waals surface area contributed by atoms with Crippen molar-refractivity contribution in [1.82, 2.24) is 5.32 Å². The van der Waals surface area contributed by atoms with E-state index in [-0.39, 0.29) is 17.2 Å². The van der Waals surface area contributed by atoms with Crippen LogP contribution in [0, 0.1) is 10.1 Å². The van der Waals surface area contributed by atoms with Crippen molar-refractivity contribution in [2.24, 2.45) is 0 Å². The van der Waals surface area contributed by atoms with Gasteiger partial charge in [-0.1, -0.05) is 6.07 Å². The summed E-state index contributed by atoms with van der Waals surface area (Å²) in [5.41, 5.74) is 0.589. The maximum absolute atomic E-state index is 10.9. The average Bonchev–Trinajstić information content (AvgIpc) is 2.33. The van der Waals surface area contributed by atoms with Crippen LogP contribution in [0.3, 0.4) is 0 Å². The minimum atomic E-state index is -3.00. The summed E-state index contributed by atoms with van der Waals surface area (Å²) in [6.45, 7) is 0.666. The molecule has 0 fully saturated rings. The lowest BCUT2D eigenvalue weighted by molar-refractivity contribution is -0.385. The number of nitrogens with zero attached hydrogens (tertiary/aromatic N) is 1. The van der Waals surface area contributed by atoms with Crippen LogP contribution in [0.4, 0.5) is 5.69 Å². The van der Waals surface area contributed by atoms with Gasteiger partial charge in [0, 0.05) is 25.4 Å². The molecule has 106 valence electrons. The minimum absolute atomic E-state index is 0.0330. The Balaban J connectivity index is 2.65. The van der Waals surface area contributed by atoms with Gasteiger partial charge in [-0.2, -0.15) is 0 Å². The van der Waals surface area contributed by atoms with Crippen LogP contribution in [0.1, 0.15) is 5.56 Å². The average molecular weight is 288 g/mol. The lowest BCUT2D eigenvalue weighted by Crippen LogP contribution is -2.21. The fraction of sp³-hybridized carbons (Fsp3) is 0.455. The van der Waals surface area contributed by atoms with Gasteiger partial charge in [0.25, 0.3) is 0 Å². The molecule has 0 aliphatic carbocycles. The standard InChI is InChI=1S/C11H16N2O5S/c1-18-11-4-3-9(7-10(11)13(14)15)8-12-5-6-19(2,16)17/h3-4,7,12H,5-6,8H2,1-2H3. The Hall–Kier alpha value is -1.67. The third kappa shape index (κ3) is 5.23. The van der Waals surface area contributed by atoms with E-state index in [1.54, 1.807) is 6.07 Å². The van der Waals surface area contributed by atoms with E-state index in [0.717, 1.165) is 6.26 Å². The molecule has 0 saturated carbocycles. The number of nitro benzene ring substituents is 1. The van der Waals surface area contributed by atoms with Gasteiger partial charge in [-0.3, -0.25) is 10.1 Å². The normalized spacial score (nSPS) is 11.3. The lowest BCUT2D eigenvalue weighted by Gasteiger charge is -2.06. The number of sulfone groups is 1. The van der Waals surface area contributed by atoms with E-state index in [1.165, 1.54) is 19.2 Å². The maximum Gasteiger partial charge on any atom is 0.311 e. The monoisotopic (exact) mass is 288 g/mol. The fourth-order valence-corrected chi connectivity index (χ4v) is 1.99. The molecule has 0 atom stereocenters. The molecule has 0 amide bonds. The van der Waals surface area contributed by atoms with Crippen molar-refractivity contribution in [2.45, 2.75) is 6.54 Å². The first-order valence-electron chi connectivity index (χ1n) is 5.53. The van der Waals surface area contributed by atoms with Gasteiger partial charge < -0.3 is 10.1 Å². The molecule has 0 radical (unpaired) electrons. The van der Waals surface area contributed by atoms with Crippen LogP contribution in [-0.4, -0.2) is 39.0 Å². The predicted molar refractivity (Wildman–Crippen MR) is 71.1 cm³/mol. The van der Waals surface area contributed by atoms with E-state index >= 15 is 0 Å². The van der Waals surface area contributed by atoms with Gasteiger partial charge in [-0.25, -0.2) is 8.42 Å². The summed E-state index contributed by atoms with van der Waals surface area (Å²) in [5, 5.41) is 13.7. The molecule has 0 heterocycles. The Kier molecular flexibility index (Phi) is 5.25. The molecule has 0 aromatic heterocycles. The molecule has 7 nitrogen and oxygen atoms in total. The number of hydrogen-bond acceptors (Lipinski definition) is 6. The van der Waals surface area contributed by atoms with Gasteiger partial charge in [0.1, 0.15) is 9.84 Å². The summed E-state index contributed by atoms with van der Waals surface area (Å²) >= 11 is 0. The molecule has 0 bridgehead atoms. The summed E-state index contributed by atoms with van der Waals surface area (Å²) in [7, 11) is -1.63. The highest BCUT2D eigenvalue weighted by atomic mass is 32.2. The molecule has 1 aromatic rings. The Labute approximate surface area is 111 Å².